The predicted molar refractivity (Wildman–Crippen MR) is 138 cm³/mol. The molecule has 1 aliphatic heterocycles. The lowest BCUT2D eigenvalue weighted by Gasteiger charge is -2.27. The van der Waals surface area contributed by atoms with E-state index in [1.165, 1.54) is 6.07 Å². The molecule has 2 amide bonds. The Morgan fingerprint density at radius 2 is 1.70 bits per heavy atom. The molecule has 194 valence electrons. The average molecular weight is 505 g/mol. The van der Waals surface area contributed by atoms with Gasteiger partial charge >= 0.3 is 5.97 Å². The number of nitrogens with zero attached hydrogens (tertiary/aromatic N) is 2. The Hall–Kier alpha value is -3.98. The maximum atomic E-state index is 13.1. The van der Waals surface area contributed by atoms with Crippen molar-refractivity contribution in [2.24, 2.45) is 5.41 Å². The molecule has 1 fully saturated rings. The number of carboxylic acids is 1. The van der Waals surface area contributed by atoms with Crippen LogP contribution in [0, 0.1) is 5.41 Å². The first-order valence-corrected chi connectivity index (χ1v) is 12.3. The normalized spacial score (nSPS) is 14.7. The SMILES string of the molecule is CC(C)(C[C@@H](Cc1ccc(-c2ccccc2)cc1)NC(=O)c1cc(C(=O)N2CCOCC2)[nH]n1)C(=O)O. The molecule has 0 spiro atoms. The van der Waals surface area contributed by atoms with Crippen molar-refractivity contribution in [2.75, 3.05) is 26.3 Å². The summed E-state index contributed by atoms with van der Waals surface area (Å²) >= 11 is 0. The minimum atomic E-state index is -1.05. The van der Waals surface area contributed by atoms with Crippen molar-refractivity contribution in [3.8, 4) is 11.1 Å². The van der Waals surface area contributed by atoms with Gasteiger partial charge in [-0.2, -0.15) is 5.10 Å². The van der Waals surface area contributed by atoms with E-state index in [2.05, 4.69) is 15.5 Å². The van der Waals surface area contributed by atoms with E-state index in [0.29, 0.717) is 32.7 Å². The molecule has 0 unspecified atom stereocenters. The van der Waals surface area contributed by atoms with Crippen molar-refractivity contribution >= 4 is 17.8 Å². The van der Waals surface area contributed by atoms with Crippen LogP contribution in [0.5, 0.6) is 0 Å². The van der Waals surface area contributed by atoms with Gasteiger partial charge in [-0.1, -0.05) is 54.6 Å². The smallest absolute Gasteiger partial charge is 0.309 e. The zero-order chi connectivity index (χ0) is 26.4. The van der Waals surface area contributed by atoms with Gasteiger partial charge in [0, 0.05) is 25.2 Å². The van der Waals surface area contributed by atoms with Crippen molar-refractivity contribution < 1.29 is 24.2 Å². The molecule has 1 aliphatic rings. The quantitative estimate of drug-likeness (QED) is 0.410. The van der Waals surface area contributed by atoms with E-state index in [1.807, 2.05) is 54.6 Å². The third kappa shape index (κ3) is 6.62. The first-order chi connectivity index (χ1) is 17.7. The fourth-order valence-electron chi connectivity index (χ4n) is 4.37. The first-order valence-electron chi connectivity index (χ1n) is 12.3. The van der Waals surface area contributed by atoms with Crippen LogP contribution in [-0.4, -0.2) is 70.3 Å². The highest BCUT2D eigenvalue weighted by molar-refractivity contribution is 5.97. The summed E-state index contributed by atoms with van der Waals surface area (Å²) in [5.74, 6) is -1.65. The van der Waals surface area contributed by atoms with Crippen LogP contribution in [-0.2, 0) is 16.0 Å². The topological polar surface area (TPSA) is 125 Å². The van der Waals surface area contributed by atoms with Crippen LogP contribution in [0.2, 0.25) is 0 Å². The number of morpholine rings is 1. The number of aromatic nitrogens is 2. The molecule has 3 aromatic rings. The second kappa shape index (κ2) is 11.4. The standard InChI is InChI=1S/C28H32N4O5/c1-28(2,27(35)36)18-22(16-19-8-10-21(11-9-19)20-6-4-3-5-7-20)29-25(33)23-17-24(31-30-23)26(34)32-12-14-37-15-13-32/h3-11,17,22H,12-16,18H2,1-2H3,(H,29,33)(H,30,31)(H,35,36)/t22-/m1/s1. The lowest BCUT2D eigenvalue weighted by molar-refractivity contribution is -0.147. The van der Waals surface area contributed by atoms with E-state index < -0.39 is 23.3 Å². The van der Waals surface area contributed by atoms with Crippen LogP contribution in [0.1, 0.15) is 46.8 Å². The molecule has 4 rings (SSSR count). The largest absolute Gasteiger partial charge is 0.481 e. The number of hydrogen-bond donors (Lipinski definition) is 3. The predicted octanol–water partition coefficient (Wildman–Crippen LogP) is 3.39. The summed E-state index contributed by atoms with van der Waals surface area (Å²) in [6, 6.07) is 19.0. The summed E-state index contributed by atoms with van der Waals surface area (Å²) in [4.78, 5) is 39.2. The number of hydrogen-bond acceptors (Lipinski definition) is 5. The molecule has 0 bridgehead atoms. The fourth-order valence-corrected chi connectivity index (χ4v) is 4.37. The average Bonchev–Trinajstić information content (AvgIpc) is 3.40. The molecular formula is C28H32N4O5. The van der Waals surface area contributed by atoms with Gasteiger partial charge in [-0.25, -0.2) is 0 Å². The van der Waals surface area contributed by atoms with Crippen LogP contribution in [0.4, 0.5) is 0 Å². The second-order valence-corrected chi connectivity index (χ2v) is 9.90. The Balaban J connectivity index is 1.47. The molecule has 3 N–H and O–H groups in total. The van der Waals surface area contributed by atoms with E-state index in [1.54, 1.807) is 18.7 Å². The van der Waals surface area contributed by atoms with E-state index in [-0.39, 0.29) is 23.7 Å². The van der Waals surface area contributed by atoms with Crippen LogP contribution in [0.3, 0.4) is 0 Å². The Labute approximate surface area is 215 Å². The number of amides is 2. The number of benzene rings is 2. The zero-order valence-electron chi connectivity index (χ0n) is 21.1. The molecule has 37 heavy (non-hydrogen) atoms. The van der Waals surface area contributed by atoms with Crippen molar-refractivity contribution in [1.82, 2.24) is 20.4 Å². The van der Waals surface area contributed by atoms with E-state index in [0.717, 1.165) is 16.7 Å². The number of carbonyl (C=O) groups excluding carboxylic acids is 2. The monoisotopic (exact) mass is 504 g/mol. The number of H-pyrrole nitrogens is 1. The van der Waals surface area contributed by atoms with Gasteiger partial charge < -0.3 is 20.1 Å². The fraction of sp³-hybridized carbons (Fsp3) is 0.357. The number of carboxylic acid groups (broad SMARTS) is 1. The van der Waals surface area contributed by atoms with Crippen molar-refractivity contribution in [3.63, 3.8) is 0 Å². The minimum Gasteiger partial charge on any atom is -0.481 e. The molecule has 0 saturated carbocycles. The molecule has 0 radical (unpaired) electrons. The molecule has 1 atom stereocenters. The summed E-state index contributed by atoms with van der Waals surface area (Å²) in [5, 5.41) is 19.3. The Kier molecular flexibility index (Phi) is 8.03. The first kappa shape index (κ1) is 26.1. The number of nitrogens with one attached hydrogen (secondary N) is 2. The van der Waals surface area contributed by atoms with Crippen LogP contribution in [0.25, 0.3) is 11.1 Å². The van der Waals surface area contributed by atoms with Gasteiger partial charge in [0.05, 0.1) is 18.6 Å². The van der Waals surface area contributed by atoms with Gasteiger partial charge in [-0.15, -0.1) is 0 Å². The van der Waals surface area contributed by atoms with Crippen LogP contribution in [0.15, 0.2) is 60.7 Å². The Morgan fingerprint density at radius 1 is 1.05 bits per heavy atom. The Bertz CT molecular complexity index is 1230. The highest BCUT2D eigenvalue weighted by Crippen LogP contribution is 2.26. The lowest BCUT2D eigenvalue weighted by Crippen LogP contribution is -2.41. The maximum Gasteiger partial charge on any atom is 0.309 e. The molecule has 2 aromatic carbocycles. The summed E-state index contributed by atoms with van der Waals surface area (Å²) < 4.78 is 5.28. The number of ether oxygens (including phenoxy) is 1. The maximum absolute atomic E-state index is 13.1. The molecular weight excluding hydrogens is 472 g/mol. The number of carbonyl (C=O) groups is 3. The van der Waals surface area contributed by atoms with Crippen molar-refractivity contribution in [2.45, 2.75) is 32.7 Å². The number of aromatic amines is 1. The summed E-state index contributed by atoms with van der Waals surface area (Å²) in [6.45, 7) is 5.19. The molecule has 0 aliphatic carbocycles. The van der Waals surface area contributed by atoms with Crippen LogP contribution < -0.4 is 5.32 Å². The second-order valence-electron chi connectivity index (χ2n) is 9.90. The third-order valence-electron chi connectivity index (χ3n) is 6.55. The van der Waals surface area contributed by atoms with Gasteiger partial charge in [0.2, 0.25) is 0 Å². The zero-order valence-corrected chi connectivity index (χ0v) is 21.1. The van der Waals surface area contributed by atoms with E-state index in [9.17, 15) is 19.5 Å². The molecule has 9 heteroatoms. The van der Waals surface area contributed by atoms with Gasteiger partial charge in [0.15, 0.2) is 5.69 Å². The summed E-state index contributed by atoms with van der Waals surface area (Å²) in [5.41, 5.74) is 2.40. The van der Waals surface area contributed by atoms with Gasteiger partial charge in [-0.3, -0.25) is 19.5 Å². The lowest BCUT2D eigenvalue weighted by atomic mass is 9.83. The summed E-state index contributed by atoms with van der Waals surface area (Å²) in [7, 11) is 0. The van der Waals surface area contributed by atoms with Gasteiger partial charge in [-0.05, 0) is 43.4 Å². The molecule has 9 nitrogen and oxygen atoms in total. The van der Waals surface area contributed by atoms with Gasteiger partial charge in [0.25, 0.3) is 11.8 Å². The highest BCUT2D eigenvalue weighted by atomic mass is 16.5. The molecule has 2 heterocycles. The van der Waals surface area contributed by atoms with Crippen molar-refractivity contribution in [3.05, 3.63) is 77.6 Å². The summed E-state index contributed by atoms with van der Waals surface area (Å²) in [6.07, 6.45) is 0.667. The van der Waals surface area contributed by atoms with Crippen molar-refractivity contribution in [1.29, 1.82) is 0 Å². The minimum absolute atomic E-state index is 0.0779. The van der Waals surface area contributed by atoms with Gasteiger partial charge in [0.1, 0.15) is 5.69 Å². The highest BCUT2D eigenvalue weighted by Gasteiger charge is 2.32. The Morgan fingerprint density at radius 3 is 2.35 bits per heavy atom. The number of aliphatic carboxylic acids is 1. The van der Waals surface area contributed by atoms with E-state index in [4.69, 9.17) is 4.74 Å². The number of rotatable bonds is 9. The van der Waals surface area contributed by atoms with E-state index >= 15 is 0 Å². The van der Waals surface area contributed by atoms with Crippen LogP contribution >= 0.6 is 0 Å². The third-order valence-corrected chi connectivity index (χ3v) is 6.55. The molecule has 1 saturated heterocycles. The molecule has 1 aromatic heterocycles.